The summed E-state index contributed by atoms with van der Waals surface area (Å²) in [7, 11) is 0. The van der Waals surface area contributed by atoms with Gasteiger partial charge in [0.2, 0.25) is 0 Å². The molecule has 1 aliphatic heterocycles. The van der Waals surface area contributed by atoms with Gasteiger partial charge in [-0.05, 0) is 116 Å². The van der Waals surface area contributed by atoms with E-state index in [9.17, 15) is 0 Å². The van der Waals surface area contributed by atoms with Crippen molar-refractivity contribution in [1.82, 2.24) is 4.57 Å². The standard InChI is InChI=1S/C65H42N2/c1-6-19-43(20-7-1)44-33-39-59-55(41-44)56-42-45(34-40-60(56)66(59)48-25-12-4-13-26-48)50-35-36-52-53-37-38-58-63(64(53)67(49-27-14-5-15-28-49)61-32-18-30-51(50)62(52)61)54-29-16-17-31-57(54)65(58,46-21-8-2-9-22-46)47-23-10-3-11-24-47/h1-42H. The number of rotatable bonds is 6. The number of hydrogen-bond donors (Lipinski definition) is 0. The summed E-state index contributed by atoms with van der Waals surface area (Å²) in [5.41, 5.74) is 21.6. The molecule has 14 rings (SSSR count). The van der Waals surface area contributed by atoms with Crippen LogP contribution < -0.4 is 4.90 Å². The second kappa shape index (κ2) is 14.7. The highest BCUT2D eigenvalue weighted by Gasteiger charge is 2.48. The van der Waals surface area contributed by atoms with Gasteiger partial charge in [-0.3, -0.25) is 0 Å². The number of aromatic nitrogens is 1. The Balaban J connectivity index is 1.03. The third-order valence-corrected chi connectivity index (χ3v) is 14.6. The second-order valence-corrected chi connectivity index (χ2v) is 17.9. The minimum atomic E-state index is -0.508. The van der Waals surface area contributed by atoms with Crippen molar-refractivity contribution in [3.63, 3.8) is 0 Å². The van der Waals surface area contributed by atoms with E-state index in [0.717, 1.165) is 11.4 Å². The van der Waals surface area contributed by atoms with Crippen molar-refractivity contribution in [2.24, 2.45) is 0 Å². The first-order valence-corrected chi connectivity index (χ1v) is 23.3. The van der Waals surface area contributed by atoms with Crippen LogP contribution in [0.2, 0.25) is 0 Å². The average Bonchev–Trinajstić information content (AvgIpc) is 3.90. The molecule has 0 atom stereocenters. The van der Waals surface area contributed by atoms with Gasteiger partial charge in [0.1, 0.15) is 0 Å². The maximum absolute atomic E-state index is 2.55. The maximum atomic E-state index is 2.55. The molecular weight excluding hydrogens is 809 g/mol. The molecule has 2 heteroatoms. The van der Waals surface area contributed by atoms with Crippen LogP contribution in [0, 0.1) is 0 Å². The predicted octanol–water partition coefficient (Wildman–Crippen LogP) is 17.1. The van der Waals surface area contributed by atoms with Crippen LogP contribution in [0.5, 0.6) is 0 Å². The molecule has 312 valence electrons. The van der Waals surface area contributed by atoms with Crippen molar-refractivity contribution < 1.29 is 0 Å². The van der Waals surface area contributed by atoms with Crippen LogP contribution in [0.4, 0.5) is 17.1 Å². The number of hydrogen-bond acceptors (Lipinski definition) is 1. The lowest BCUT2D eigenvalue weighted by Crippen LogP contribution is -2.28. The van der Waals surface area contributed by atoms with Gasteiger partial charge in [0.05, 0.1) is 27.8 Å². The molecule has 0 N–H and O–H groups in total. The first-order valence-electron chi connectivity index (χ1n) is 23.3. The highest BCUT2D eigenvalue weighted by Crippen LogP contribution is 2.63. The summed E-state index contributed by atoms with van der Waals surface area (Å²) >= 11 is 0. The van der Waals surface area contributed by atoms with E-state index in [1.807, 2.05) is 0 Å². The molecule has 0 amide bonds. The summed E-state index contributed by atoms with van der Waals surface area (Å²) < 4.78 is 2.41. The van der Waals surface area contributed by atoms with Crippen LogP contribution >= 0.6 is 0 Å². The van der Waals surface area contributed by atoms with Crippen LogP contribution in [-0.4, -0.2) is 4.57 Å². The van der Waals surface area contributed by atoms with Crippen molar-refractivity contribution in [1.29, 1.82) is 0 Å². The number of fused-ring (bicyclic) bond motifs is 9. The molecule has 0 unspecified atom stereocenters. The normalized spacial score (nSPS) is 13.2. The molecule has 2 aliphatic rings. The van der Waals surface area contributed by atoms with E-state index < -0.39 is 5.41 Å². The lowest BCUT2D eigenvalue weighted by molar-refractivity contribution is 0.768. The molecule has 2 nitrogen and oxygen atoms in total. The van der Waals surface area contributed by atoms with Gasteiger partial charge in [-0.25, -0.2) is 0 Å². The summed E-state index contributed by atoms with van der Waals surface area (Å²) in [4.78, 5) is 2.55. The molecule has 11 aromatic carbocycles. The topological polar surface area (TPSA) is 8.17 Å². The van der Waals surface area contributed by atoms with Crippen LogP contribution in [0.25, 0.3) is 82.8 Å². The number of nitrogens with zero attached hydrogens (tertiary/aromatic N) is 2. The zero-order valence-electron chi connectivity index (χ0n) is 36.6. The Hall–Kier alpha value is -8.72. The van der Waals surface area contributed by atoms with E-state index in [-0.39, 0.29) is 0 Å². The van der Waals surface area contributed by atoms with Crippen LogP contribution in [0.3, 0.4) is 0 Å². The van der Waals surface area contributed by atoms with E-state index in [0.29, 0.717) is 0 Å². The predicted molar refractivity (Wildman–Crippen MR) is 280 cm³/mol. The van der Waals surface area contributed by atoms with Gasteiger partial charge in [0.25, 0.3) is 0 Å². The summed E-state index contributed by atoms with van der Waals surface area (Å²) in [5, 5.41) is 4.98. The smallest absolute Gasteiger partial charge is 0.0714 e. The molecule has 2 heterocycles. The average molecular weight is 851 g/mol. The van der Waals surface area contributed by atoms with E-state index in [4.69, 9.17) is 0 Å². The Morgan fingerprint density at radius 2 is 0.866 bits per heavy atom. The monoisotopic (exact) mass is 850 g/mol. The van der Waals surface area contributed by atoms with Crippen molar-refractivity contribution in [2.75, 3.05) is 4.90 Å². The molecule has 0 radical (unpaired) electrons. The Bertz CT molecular complexity index is 3850. The molecule has 0 spiro atoms. The Morgan fingerprint density at radius 1 is 0.313 bits per heavy atom. The summed E-state index contributed by atoms with van der Waals surface area (Å²) in [6.45, 7) is 0. The highest BCUT2D eigenvalue weighted by molar-refractivity contribution is 6.21. The quantitative estimate of drug-likeness (QED) is 0.162. The Morgan fingerprint density at radius 3 is 1.55 bits per heavy atom. The molecule has 0 fully saturated rings. The van der Waals surface area contributed by atoms with Crippen molar-refractivity contribution in [3.05, 3.63) is 277 Å². The first kappa shape index (κ1) is 37.6. The van der Waals surface area contributed by atoms with Gasteiger partial charge in [-0.2, -0.15) is 0 Å². The van der Waals surface area contributed by atoms with E-state index in [2.05, 4.69) is 264 Å². The van der Waals surface area contributed by atoms with Crippen LogP contribution in [0.1, 0.15) is 22.3 Å². The first-order chi connectivity index (χ1) is 33.3. The minimum Gasteiger partial charge on any atom is -0.309 e. The van der Waals surface area contributed by atoms with Gasteiger partial charge in [-0.15, -0.1) is 0 Å². The summed E-state index contributed by atoms with van der Waals surface area (Å²) in [6.07, 6.45) is 0. The summed E-state index contributed by atoms with van der Waals surface area (Å²) in [6, 6.07) is 94.4. The molecule has 67 heavy (non-hydrogen) atoms. The zero-order valence-corrected chi connectivity index (χ0v) is 36.6. The minimum absolute atomic E-state index is 0.508. The largest absolute Gasteiger partial charge is 0.309 e. The van der Waals surface area contributed by atoms with Gasteiger partial charge < -0.3 is 9.47 Å². The number of para-hydroxylation sites is 2. The fourth-order valence-corrected chi connectivity index (χ4v) is 11.8. The molecule has 0 saturated carbocycles. The van der Waals surface area contributed by atoms with Crippen molar-refractivity contribution >= 4 is 49.6 Å². The van der Waals surface area contributed by atoms with E-state index in [1.165, 1.54) is 111 Å². The van der Waals surface area contributed by atoms with Crippen molar-refractivity contribution in [3.8, 4) is 50.2 Å². The Labute approximate surface area is 389 Å². The number of benzene rings is 11. The lowest BCUT2D eigenvalue weighted by atomic mass is 9.67. The highest BCUT2D eigenvalue weighted by atomic mass is 15.2. The SMILES string of the molecule is c1ccc(-c2ccc3c(c2)c2cc(-c4ccc5c6c(cccc46)N(c4ccccc4)c4c-5ccc5c4-c4ccccc4C5(c4ccccc4)c4ccccc4)ccc2n3-c2ccccc2)cc1. The van der Waals surface area contributed by atoms with Gasteiger partial charge in [0.15, 0.2) is 0 Å². The van der Waals surface area contributed by atoms with Crippen LogP contribution in [0.15, 0.2) is 255 Å². The fourth-order valence-electron chi connectivity index (χ4n) is 11.8. The molecular formula is C65H42N2. The van der Waals surface area contributed by atoms with Crippen molar-refractivity contribution in [2.45, 2.75) is 5.41 Å². The molecule has 0 saturated heterocycles. The lowest BCUT2D eigenvalue weighted by Gasteiger charge is -2.37. The third kappa shape index (κ3) is 5.39. The van der Waals surface area contributed by atoms with Gasteiger partial charge in [0, 0.05) is 38.7 Å². The molecule has 1 aromatic heterocycles. The van der Waals surface area contributed by atoms with E-state index >= 15 is 0 Å². The molecule has 12 aromatic rings. The fraction of sp³-hybridized carbons (Fsp3) is 0.0154. The van der Waals surface area contributed by atoms with Gasteiger partial charge in [-0.1, -0.05) is 200 Å². The molecule has 1 aliphatic carbocycles. The second-order valence-electron chi connectivity index (χ2n) is 17.9. The van der Waals surface area contributed by atoms with E-state index in [1.54, 1.807) is 0 Å². The number of anilines is 3. The Kier molecular flexibility index (Phi) is 8.23. The maximum Gasteiger partial charge on any atom is 0.0714 e. The zero-order chi connectivity index (χ0) is 44.1. The van der Waals surface area contributed by atoms with Gasteiger partial charge >= 0.3 is 0 Å². The summed E-state index contributed by atoms with van der Waals surface area (Å²) in [5.74, 6) is 0. The van der Waals surface area contributed by atoms with Crippen LogP contribution in [-0.2, 0) is 5.41 Å². The third-order valence-electron chi connectivity index (χ3n) is 14.6. The molecule has 0 bridgehead atoms.